The Bertz CT molecular complexity index is 861. The number of aromatic nitrogens is 1. The van der Waals surface area contributed by atoms with Gasteiger partial charge in [0.05, 0.1) is 0 Å². The Balaban J connectivity index is 1.71. The van der Waals surface area contributed by atoms with Gasteiger partial charge in [-0.2, -0.15) is 0 Å². The molecule has 3 aromatic rings. The number of rotatable bonds is 4. The van der Waals surface area contributed by atoms with E-state index in [1.165, 1.54) is 47.7 Å². The molecule has 2 atom stereocenters. The predicted octanol–water partition coefficient (Wildman–Crippen LogP) is 5.24. The van der Waals surface area contributed by atoms with Gasteiger partial charge in [0.25, 0.3) is 0 Å². The first kappa shape index (κ1) is 16.4. The van der Waals surface area contributed by atoms with Gasteiger partial charge in [-0.05, 0) is 56.3 Å². The van der Waals surface area contributed by atoms with Crippen molar-refractivity contribution in [1.29, 1.82) is 0 Å². The smallest absolute Gasteiger partial charge is 0.0486 e. The van der Waals surface area contributed by atoms with Gasteiger partial charge in [0, 0.05) is 29.7 Å². The Morgan fingerprint density at radius 2 is 1.96 bits per heavy atom. The van der Waals surface area contributed by atoms with E-state index in [1.807, 2.05) is 0 Å². The summed E-state index contributed by atoms with van der Waals surface area (Å²) in [5.74, 6) is 0.676. The Kier molecular flexibility index (Phi) is 4.63. The normalized spacial score (nSPS) is 20.9. The molecule has 4 rings (SSSR count). The molecule has 2 aromatic carbocycles. The summed E-state index contributed by atoms with van der Waals surface area (Å²) in [5, 5.41) is 4.94. The molecule has 1 aliphatic rings. The summed E-state index contributed by atoms with van der Waals surface area (Å²) in [5.41, 5.74) is 5.62. The van der Waals surface area contributed by atoms with Crippen LogP contribution in [0.25, 0.3) is 10.9 Å². The minimum absolute atomic E-state index is 0.664. The number of fused-ring (bicyclic) bond motifs is 1. The van der Waals surface area contributed by atoms with Gasteiger partial charge in [0.2, 0.25) is 0 Å². The lowest BCUT2D eigenvalue weighted by Crippen LogP contribution is -2.30. The summed E-state index contributed by atoms with van der Waals surface area (Å²) in [6.07, 6.45) is 7.64. The summed E-state index contributed by atoms with van der Waals surface area (Å²) in [6.45, 7) is 3.12. The van der Waals surface area contributed by atoms with E-state index in [9.17, 15) is 0 Å². The zero-order valence-corrected chi connectivity index (χ0v) is 15.3. The van der Waals surface area contributed by atoms with Crippen LogP contribution in [0.1, 0.15) is 48.3 Å². The van der Waals surface area contributed by atoms with E-state index in [0.717, 1.165) is 6.54 Å². The van der Waals surface area contributed by atoms with Crippen molar-refractivity contribution in [3.05, 3.63) is 71.4 Å². The molecular weight excluding hydrogens is 304 g/mol. The van der Waals surface area contributed by atoms with Crippen molar-refractivity contribution in [2.45, 2.75) is 51.1 Å². The number of hydrogen-bond donors (Lipinski definition) is 1. The molecule has 130 valence electrons. The molecule has 25 heavy (non-hydrogen) atoms. The largest absolute Gasteiger partial charge is 0.343 e. The van der Waals surface area contributed by atoms with Crippen LogP contribution in [0, 0.1) is 6.92 Å². The number of aryl methyl sites for hydroxylation is 1. The average Bonchev–Trinajstić information content (AvgIpc) is 3.01. The molecule has 2 heteroatoms. The third kappa shape index (κ3) is 3.36. The first-order valence-corrected chi connectivity index (χ1v) is 9.55. The van der Waals surface area contributed by atoms with Crippen LogP contribution in [-0.4, -0.2) is 17.7 Å². The summed E-state index contributed by atoms with van der Waals surface area (Å²) >= 11 is 0. The quantitative estimate of drug-likeness (QED) is 0.691. The monoisotopic (exact) mass is 332 g/mol. The van der Waals surface area contributed by atoms with E-state index < -0.39 is 0 Å². The van der Waals surface area contributed by atoms with Crippen molar-refractivity contribution >= 4 is 10.9 Å². The summed E-state index contributed by atoms with van der Waals surface area (Å²) in [6, 6.07) is 18.5. The molecule has 0 spiro atoms. The zero-order chi connectivity index (χ0) is 17.2. The highest BCUT2D eigenvalue weighted by Crippen LogP contribution is 2.37. The predicted molar refractivity (Wildman–Crippen MR) is 106 cm³/mol. The Hall–Kier alpha value is -2.06. The van der Waals surface area contributed by atoms with Crippen LogP contribution >= 0.6 is 0 Å². The molecule has 1 fully saturated rings. The van der Waals surface area contributed by atoms with Crippen LogP contribution < -0.4 is 5.32 Å². The topological polar surface area (TPSA) is 17.0 Å². The number of hydrogen-bond acceptors (Lipinski definition) is 1. The van der Waals surface area contributed by atoms with Gasteiger partial charge < -0.3 is 9.88 Å². The lowest BCUT2D eigenvalue weighted by Gasteiger charge is -2.28. The minimum Gasteiger partial charge on any atom is -0.343 e. The van der Waals surface area contributed by atoms with E-state index in [-0.39, 0.29) is 0 Å². The third-order valence-corrected chi connectivity index (χ3v) is 5.78. The Labute approximate surface area is 150 Å². The van der Waals surface area contributed by atoms with Gasteiger partial charge in [-0.3, -0.25) is 0 Å². The number of para-hydroxylation sites is 1. The molecular formula is C23H28N2. The highest BCUT2D eigenvalue weighted by Gasteiger charge is 2.25. The minimum atomic E-state index is 0.664. The zero-order valence-electron chi connectivity index (χ0n) is 15.3. The average molecular weight is 332 g/mol. The van der Waals surface area contributed by atoms with Gasteiger partial charge in [-0.1, -0.05) is 54.4 Å². The van der Waals surface area contributed by atoms with Gasteiger partial charge in [-0.25, -0.2) is 0 Å². The van der Waals surface area contributed by atoms with Crippen LogP contribution in [0.2, 0.25) is 0 Å². The molecule has 1 N–H and O–H groups in total. The SMILES string of the molecule is CNC1CCCC(c2cn(Cc3cccc(C)c3)c3ccccc23)C1. The Morgan fingerprint density at radius 3 is 2.80 bits per heavy atom. The van der Waals surface area contributed by atoms with Gasteiger partial charge in [0.1, 0.15) is 0 Å². The lowest BCUT2D eigenvalue weighted by molar-refractivity contribution is 0.356. The van der Waals surface area contributed by atoms with Crippen LogP contribution in [0.5, 0.6) is 0 Å². The maximum atomic E-state index is 3.50. The fourth-order valence-corrected chi connectivity index (χ4v) is 4.47. The van der Waals surface area contributed by atoms with Crippen LogP contribution in [-0.2, 0) is 6.54 Å². The standard InChI is InChI=1S/C23H28N2/c1-17-7-5-8-18(13-17)15-25-16-22(21-11-3-4-12-23(21)25)19-9-6-10-20(14-19)24-2/h3-5,7-8,11-13,16,19-20,24H,6,9-10,14-15H2,1-2H3. The van der Waals surface area contributed by atoms with Crippen molar-refractivity contribution in [1.82, 2.24) is 9.88 Å². The van der Waals surface area contributed by atoms with Crippen LogP contribution in [0.15, 0.2) is 54.7 Å². The first-order valence-electron chi connectivity index (χ1n) is 9.55. The molecule has 0 aliphatic heterocycles. The highest BCUT2D eigenvalue weighted by atomic mass is 15.0. The van der Waals surface area contributed by atoms with Crippen molar-refractivity contribution < 1.29 is 0 Å². The summed E-state index contributed by atoms with van der Waals surface area (Å²) < 4.78 is 2.45. The van der Waals surface area contributed by atoms with Crippen molar-refractivity contribution in [3.8, 4) is 0 Å². The van der Waals surface area contributed by atoms with Crippen LogP contribution in [0.3, 0.4) is 0 Å². The van der Waals surface area contributed by atoms with E-state index in [0.29, 0.717) is 12.0 Å². The third-order valence-electron chi connectivity index (χ3n) is 5.78. The number of benzene rings is 2. The molecule has 0 saturated heterocycles. The fourth-order valence-electron chi connectivity index (χ4n) is 4.47. The molecule has 0 amide bonds. The molecule has 2 unspecified atom stereocenters. The van der Waals surface area contributed by atoms with Crippen LogP contribution in [0.4, 0.5) is 0 Å². The molecule has 1 saturated carbocycles. The van der Waals surface area contributed by atoms with E-state index in [2.05, 4.69) is 78.6 Å². The van der Waals surface area contributed by atoms with Gasteiger partial charge >= 0.3 is 0 Å². The maximum Gasteiger partial charge on any atom is 0.0486 e. The first-order chi connectivity index (χ1) is 12.2. The van der Waals surface area contributed by atoms with E-state index in [4.69, 9.17) is 0 Å². The lowest BCUT2D eigenvalue weighted by atomic mass is 9.81. The second kappa shape index (κ2) is 7.05. The van der Waals surface area contributed by atoms with E-state index in [1.54, 1.807) is 5.56 Å². The van der Waals surface area contributed by atoms with E-state index >= 15 is 0 Å². The number of nitrogens with zero attached hydrogens (tertiary/aromatic N) is 1. The second-order valence-corrected chi connectivity index (χ2v) is 7.57. The fraction of sp³-hybridized carbons (Fsp3) is 0.391. The molecule has 1 heterocycles. The Morgan fingerprint density at radius 1 is 1.08 bits per heavy atom. The van der Waals surface area contributed by atoms with Crippen molar-refractivity contribution in [2.24, 2.45) is 0 Å². The van der Waals surface area contributed by atoms with Gasteiger partial charge in [-0.15, -0.1) is 0 Å². The second-order valence-electron chi connectivity index (χ2n) is 7.57. The number of nitrogens with one attached hydrogen (secondary N) is 1. The molecule has 0 bridgehead atoms. The molecule has 1 aliphatic carbocycles. The van der Waals surface area contributed by atoms with Crippen molar-refractivity contribution in [3.63, 3.8) is 0 Å². The molecule has 1 aromatic heterocycles. The molecule has 0 radical (unpaired) electrons. The summed E-state index contributed by atoms with van der Waals surface area (Å²) in [4.78, 5) is 0. The van der Waals surface area contributed by atoms with Crippen molar-refractivity contribution in [2.75, 3.05) is 7.05 Å². The highest BCUT2D eigenvalue weighted by molar-refractivity contribution is 5.84. The maximum absolute atomic E-state index is 3.50. The molecule has 2 nitrogen and oxygen atoms in total. The summed E-state index contributed by atoms with van der Waals surface area (Å²) in [7, 11) is 2.11. The van der Waals surface area contributed by atoms with Gasteiger partial charge in [0.15, 0.2) is 0 Å².